The van der Waals surface area contributed by atoms with Crippen LogP contribution in [0.4, 0.5) is 5.69 Å². The van der Waals surface area contributed by atoms with Gasteiger partial charge in [-0.3, -0.25) is 4.79 Å². The van der Waals surface area contributed by atoms with Crippen LogP contribution in [-0.4, -0.2) is 38.4 Å². The third-order valence-corrected chi connectivity index (χ3v) is 5.97. The monoisotopic (exact) mass is 359 g/mol. The van der Waals surface area contributed by atoms with E-state index < -0.39 is 10.0 Å². The molecule has 130 valence electrons. The van der Waals surface area contributed by atoms with Crippen LogP contribution in [-0.2, 0) is 14.8 Å². The highest BCUT2D eigenvalue weighted by Gasteiger charge is 2.22. The van der Waals surface area contributed by atoms with Crippen molar-refractivity contribution in [1.82, 2.24) is 4.72 Å². The fourth-order valence-electron chi connectivity index (χ4n) is 1.98. The Hall–Kier alpha value is -1.09. The van der Waals surface area contributed by atoms with Crippen LogP contribution in [0, 0.1) is 5.92 Å². The van der Waals surface area contributed by atoms with Crippen molar-refractivity contribution in [3.63, 3.8) is 0 Å². The molecule has 0 aromatic heterocycles. The van der Waals surface area contributed by atoms with Crippen LogP contribution in [0.5, 0.6) is 0 Å². The maximum atomic E-state index is 12.4. The van der Waals surface area contributed by atoms with Crippen LogP contribution >= 0.6 is 11.8 Å². The Balaban J connectivity index is 2.90. The maximum Gasteiger partial charge on any atom is 0.240 e. The number of rotatable bonds is 9. The van der Waals surface area contributed by atoms with E-state index in [9.17, 15) is 13.2 Å². The second kappa shape index (κ2) is 9.27. The molecule has 1 unspecified atom stereocenters. The molecule has 1 aromatic carbocycles. The van der Waals surface area contributed by atoms with Crippen LogP contribution < -0.4 is 15.8 Å². The summed E-state index contributed by atoms with van der Waals surface area (Å²) in [4.78, 5) is 12.5. The summed E-state index contributed by atoms with van der Waals surface area (Å²) in [7, 11) is -3.61. The number of sulfonamides is 1. The zero-order valence-electron chi connectivity index (χ0n) is 13.7. The molecule has 0 fully saturated rings. The van der Waals surface area contributed by atoms with Crippen LogP contribution in [0.2, 0.25) is 0 Å². The van der Waals surface area contributed by atoms with Crippen molar-refractivity contribution in [3.05, 3.63) is 24.3 Å². The molecule has 0 saturated carbocycles. The van der Waals surface area contributed by atoms with Gasteiger partial charge < -0.3 is 11.1 Å². The van der Waals surface area contributed by atoms with Gasteiger partial charge in [-0.2, -0.15) is 0 Å². The smallest absolute Gasteiger partial charge is 0.240 e. The van der Waals surface area contributed by atoms with Crippen molar-refractivity contribution >= 4 is 33.4 Å². The lowest BCUT2D eigenvalue weighted by molar-refractivity contribution is -0.116. The molecular formula is C15H25N3O3S2. The Labute approximate surface area is 142 Å². The van der Waals surface area contributed by atoms with Gasteiger partial charge in [0.25, 0.3) is 0 Å². The zero-order valence-corrected chi connectivity index (χ0v) is 15.3. The van der Waals surface area contributed by atoms with Gasteiger partial charge in [0.2, 0.25) is 15.9 Å². The zero-order chi connectivity index (χ0) is 17.5. The minimum Gasteiger partial charge on any atom is -0.329 e. The molecule has 0 radical (unpaired) electrons. The van der Waals surface area contributed by atoms with Gasteiger partial charge in [-0.25, -0.2) is 13.1 Å². The predicted molar refractivity (Wildman–Crippen MR) is 96.1 cm³/mol. The number of nitrogens with two attached hydrogens (primary N) is 1. The van der Waals surface area contributed by atoms with Gasteiger partial charge in [0.1, 0.15) is 0 Å². The summed E-state index contributed by atoms with van der Waals surface area (Å²) in [5.74, 6) is 0.919. The Morgan fingerprint density at radius 3 is 2.61 bits per heavy atom. The van der Waals surface area contributed by atoms with E-state index in [1.165, 1.54) is 12.1 Å². The van der Waals surface area contributed by atoms with Crippen molar-refractivity contribution < 1.29 is 13.2 Å². The van der Waals surface area contributed by atoms with Gasteiger partial charge in [-0.15, -0.1) is 11.8 Å². The first-order valence-corrected chi connectivity index (χ1v) is 10.1. The third kappa shape index (κ3) is 6.14. The topological polar surface area (TPSA) is 101 Å². The molecule has 1 aromatic rings. The number of carbonyl (C=O) groups is 1. The molecule has 1 atom stereocenters. The minimum absolute atomic E-state index is 0.105. The normalized spacial score (nSPS) is 13.1. The molecule has 0 aliphatic carbocycles. The first kappa shape index (κ1) is 20.0. The molecule has 1 amide bonds. The molecule has 4 N–H and O–H groups in total. The molecule has 1 rings (SSSR count). The molecule has 0 bridgehead atoms. The van der Waals surface area contributed by atoms with Crippen molar-refractivity contribution in [2.75, 3.05) is 24.2 Å². The number of anilines is 1. The molecule has 0 saturated heterocycles. The summed E-state index contributed by atoms with van der Waals surface area (Å²) >= 11 is 1.58. The largest absolute Gasteiger partial charge is 0.329 e. The van der Waals surface area contributed by atoms with Crippen molar-refractivity contribution in [3.8, 4) is 0 Å². The van der Waals surface area contributed by atoms with E-state index in [2.05, 4.69) is 10.0 Å². The standard InChI is InChI=1S/C15H25N3O3S2/c1-4-22-14(11(2)3)15(19)18-12-6-5-7-13(10-12)23(20,21)17-9-8-16/h5-7,10-11,14,17H,4,8-9,16H2,1-3H3,(H,18,19). The Morgan fingerprint density at radius 2 is 2.04 bits per heavy atom. The van der Waals surface area contributed by atoms with Crippen LogP contribution in [0.3, 0.4) is 0 Å². The van der Waals surface area contributed by atoms with Gasteiger partial charge in [0.05, 0.1) is 10.1 Å². The van der Waals surface area contributed by atoms with Gasteiger partial charge in [0, 0.05) is 18.8 Å². The summed E-state index contributed by atoms with van der Waals surface area (Å²) in [6.45, 7) is 6.38. The van der Waals surface area contributed by atoms with Gasteiger partial charge in [-0.1, -0.05) is 26.8 Å². The lowest BCUT2D eigenvalue weighted by Gasteiger charge is -2.19. The Morgan fingerprint density at radius 1 is 1.35 bits per heavy atom. The fourth-order valence-corrected chi connectivity index (χ4v) is 4.03. The number of hydrogen-bond donors (Lipinski definition) is 3. The summed E-state index contributed by atoms with van der Waals surface area (Å²) in [6.07, 6.45) is 0. The number of nitrogens with one attached hydrogen (secondary N) is 2. The van der Waals surface area contributed by atoms with Crippen molar-refractivity contribution in [2.45, 2.75) is 30.9 Å². The number of thioether (sulfide) groups is 1. The van der Waals surface area contributed by atoms with Crippen LogP contribution in [0.1, 0.15) is 20.8 Å². The SMILES string of the molecule is CCSC(C(=O)Nc1cccc(S(=O)(=O)NCCN)c1)C(C)C. The highest BCUT2D eigenvalue weighted by atomic mass is 32.2. The maximum absolute atomic E-state index is 12.4. The number of benzene rings is 1. The van der Waals surface area contributed by atoms with E-state index >= 15 is 0 Å². The highest BCUT2D eigenvalue weighted by molar-refractivity contribution is 8.00. The first-order chi connectivity index (χ1) is 10.8. The lowest BCUT2D eigenvalue weighted by atomic mass is 10.1. The average Bonchev–Trinajstić information content (AvgIpc) is 2.50. The molecule has 0 aliphatic heterocycles. The van der Waals surface area contributed by atoms with E-state index in [1.54, 1.807) is 23.9 Å². The quantitative estimate of drug-likeness (QED) is 0.622. The third-order valence-electron chi connectivity index (χ3n) is 3.06. The molecule has 6 nitrogen and oxygen atoms in total. The van der Waals surface area contributed by atoms with Crippen LogP contribution in [0.15, 0.2) is 29.2 Å². The number of carbonyl (C=O) groups excluding carboxylic acids is 1. The van der Waals surface area contributed by atoms with E-state index in [0.717, 1.165) is 5.75 Å². The van der Waals surface area contributed by atoms with Gasteiger partial charge in [0.15, 0.2) is 0 Å². The van der Waals surface area contributed by atoms with Crippen molar-refractivity contribution in [2.24, 2.45) is 11.7 Å². The molecule has 23 heavy (non-hydrogen) atoms. The molecule has 8 heteroatoms. The highest BCUT2D eigenvalue weighted by Crippen LogP contribution is 2.22. The number of hydrogen-bond acceptors (Lipinski definition) is 5. The Bertz CT molecular complexity index is 618. The number of amides is 1. The average molecular weight is 360 g/mol. The lowest BCUT2D eigenvalue weighted by Crippen LogP contribution is -2.30. The summed E-state index contributed by atoms with van der Waals surface area (Å²) in [6, 6.07) is 6.21. The molecule has 0 aliphatic rings. The second-order valence-corrected chi connectivity index (χ2v) is 8.51. The molecular weight excluding hydrogens is 334 g/mol. The predicted octanol–water partition coefficient (Wildman–Crippen LogP) is 1.64. The van der Waals surface area contributed by atoms with E-state index in [1.807, 2.05) is 20.8 Å². The minimum atomic E-state index is -3.61. The van der Waals surface area contributed by atoms with Gasteiger partial charge >= 0.3 is 0 Å². The van der Waals surface area contributed by atoms with E-state index in [4.69, 9.17) is 5.73 Å². The van der Waals surface area contributed by atoms with E-state index in [-0.39, 0.29) is 35.1 Å². The summed E-state index contributed by atoms with van der Waals surface area (Å²) in [5, 5.41) is 2.63. The summed E-state index contributed by atoms with van der Waals surface area (Å²) in [5.41, 5.74) is 5.78. The first-order valence-electron chi connectivity index (χ1n) is 7.54. The van der Waals surface area contributed by atoms with Gasteiger partial charge in [-0.05, 0) is 29.9 Å². The van der Waals surface area contributed by atoms with Crippen LogP contribution in [0.25, 0.3) is 0 Å². The second-order valence-electron chi connectivity index (χ2n) is 5.32. The molecule has 0 spiro atoms. The van der Waals surface area contributed by atoms with E-state index in [0.29, 0.717) is 5.69 Å². The summed E-state index contributed by atoms with van der Waals surface area (Å²) < 4.78 is 26.6. The molecule has 0 heterocycles. The van der Waals surface area contributed by atoms with Crippen molar-refractivity contribution in [1.29, 1.82) is 0 Å². The Kier molecular flexibility index (Phi) is 8.04. The fraction of sp³-hybridized carbons (Fsp3) is 0.533.